The summed E-state index contributed by atoms with van der Waals surface area (Å²) in [6.07, 6.45) is 2.74. The first-order valence-electron chi connectivity index (χ1n) is 11.1. The molecule has 2 aliphatic rings. The molecule has 3 atom stereocenters. The standard InChI is InChI=1S/C25H27N5O2/c1-16-14-22(30(29-16)25-26-21-9-5-8-20(21)24(32)28-25)27-23(31)15-17-10-12-19(13-11-17)18-6-3-2-4-7-18/h2-4,6-7,10-14,20-21,25-26H,5,8-9,15H2,1H3,(H,27,31)(H,28,32). The van der Waals surface area contributed by atoms with E-state index >= 15 is 0 Å². The van der Waals surface area contributed by atoms with Gasteiger partial charge in [-0.1, -0.05) is 61.0 Å². The van der Waals surface area contributed by atoms with E-state index in [1.165, 1.54) is 0 Å². The van der Waals surface area contributed by atoms with Gasteiger partial charge in [-0.3, -0.25) is 14.9 Å². The average molecular weight is 430 g/mol. The summed E-state index contributed by atoms with van der Waals surface area (Å²) in [6.45, 7) is 1.87. The maximum atomic E-state index is 12.8. The third kappa shape index (κ3) is 4.16. The molecular weight excluding hydrogens is 402 g/mol. The van der Waals surface area contributed by atoms with Crippen LogP contribution >= 0.6 is 0 Å². The molecule has 1 saturated heterocycles. The Bertz CT molecular complexity index is 1120. The molecule has 0 bridgehead atoms. The molecule has 1 aliphatic heterocycles. The molecule has 5 rings (SSSR count). The lowest BCUT2D eigenvalue weighted by atomic mass is 10.0. The van der Waals surface area contributed by atoms with E-state index in [0.29, 0.717) is 5.82 Å². The zero-order valence-corrected chi connectivity index (χ0v) is 18.0. The van der Waals surface area contributed by atoms with Crippen molar-refractivity contribution in [2.45, 2.75) is 44.9 Å². The molecule has 7 heteroatoms. The summed E-state index contributed by atoms with van der Waals surface area (Å²) >= 11 is 0. The van der Waals surface area contributed by atoms with E-state index in [2.05, 4.69) is 33.2 Å². The maximum Gasteiger partial charge on any atom is 0.229 e. The summed E-state index contributed by atoms with van der Waals surface area (Å²) in [5.74, 6) is 0.530. The first-order chi connectivity index (χ1) is 15.6. The van der Waals surface area contributed by atoms with Crippen LogP contribution in [0.15, 0.2) is 60.7 Å². The predicted molar refractivity (Wildman–Crippen MR) is 123 cm³/mol. The van der Waals surface area contributed by atoms with Crippen molar-refractivity contribution in [2.24, 2.45) is 5.92 Å². The van der Waals surface area contributed by atoms with Crippen LogP contribution in [0.1, 0.15) is 36.8 Å². The van der Waals surface area contributed by atoms with Gasteiger partial charge in [0.2, 0.25) is 11.8 Å². The van der Waals surface area contributed by atoms with Crippen molar-refractivity contribution in [3.05, 3.63) is 71.9 Å². The second-order valence-corrected chi connectivity index (χ2v) is 8.63. The number of anilines is 1. The van der Waals surface area contributed by atoms with Gasteiger partial charge in [-0.25, -0.2) is 4.68 Å². The molecule has 2 fully saturated rings. The van der Waals surface area contributed by atoms with Crippen molar-refractivity contribution in [3.8, 4) is 11.1 Å². The van der Waals surface area contributed by atoms with Gasteiger partial charge in [0.05, 0.1) is 18.0 Å². The van der Waals surface area contributed by atoms with Crippen LogP contribution in [0.2, 0.25) is 0 Å². The Labute approximate surface area is 187 Å². The number of amides is 2. The fraction of sp³-hybridized carbons (Fsp3) is 0.320. The molecule has 2 amide bonds. The average Bonchev–Trinajstić information content (AvgIpc) is 3.41. The number of nitrogens with zero attached hydrogens (tertiary/aromatic N) is 2. The Hall–Kier alpha value is -3.45. The zero-order chi connectivity index (χ0) is 22.1. The van der Waals surface area contributed by atoms with Crippen LogP contribution in [0.25, 0.3) is 11.1 Å². The number of fused-ring (bicyclic) bond motifs is 1. The van der Waals surface area contributed by atoms with Gasteiger partial charge in [-0.05, 0) is 36.5 Å². The van der Waals surface area contributed by atoms with Crippen molar-refractivity contribution in [1.29, 1.82) is 0 Å². The highest BCUT2D eigenvalue weighted by atomic mass is 16.2. The third-order valence-electron chi connectivity index (χ3n) is 6.30. The second kappa shape index (κ2) is 8.59. The highest BCUT2D eigenvalue weighted by Gasteiger charge is 2.40. The van der Waals surface area contributed by atoms with Gasteiger partial charge in [0.25, 0.3) is 0 Å². The van der Waals surface area contributed by atoms with Crippen LogP contribution in [-0.2, 0) is 16.0 Å². The SMILES string of the molecule is Cc1cc(NC(=O)Cc2ccc(-c3ccccc3)cc2)n(C2NC(=O)C3CCCC3N2)n1. The fourth-order valence-corrected chi connectivity index (χ4v) is 4.72. The van der Waals surface area contributed by atoms with Crippen molar-refractivity contribution < 1.29 is 9.59 Å². The summed E-state index contributed by atoms with van der Waals surface area (Å²) < 4.78 is 1.66. The highest BCUT2D eigenvalue weighted by Crippen LogP contribution is 2.31. The zero-order valence-electron chi connectivity index (χ0n) is 18.0. The van der Waals surface area contributed by atoms with E-state index in [9.17, 15) is 9.59 Å². The molecule has 32 heavy (non-hydrogen) atoms. The van der Waals surface area contributed by atoms with Gasteiger partial charge >= 0.3 is 0 Å². The molecule has 2 aromatic carbocycles. The summed E-state index contributed by atoms with van der Waals surface area (Å²) in [7, 11) is 0. The summed E-state index contributed by atoms with van der Waals surface area (Å²) in [5.41, 5.74) is 3.97. The largest absolute Gasteiger partial charge is 0.322 e. The molecule has 1 aliphatic carbocycles. The van der Waals surface area contributed by atoms with Crippen LogP contribution < -0.4 is 16.0 Å². The molecule has 0 spiro atoms. The summed E-state index contributed by atoms with van der Waals surface area (Å²) in [5, 5.41) is 14.0. The molecule has 2 heterocycles. The number of rotatable bonds is 5. The van der Waals surface area contributed by atoms with Crippen molar-refractivity contribution in [2.75, 3.05) is 5.32 Å². The van der Waals surface area contributed by atoms with E-state index in [0.717, 1.165) is 41.6 Å². The lowest BCUT2D eigenvalue weighted by molar-refractivity contribution is -0.130. The number of carbonyl (C=O) groups is 2. The Morgan fingerprint density at radius 3 is 2.62 bits per heavy atom. The van der Waals surface area contributed by atoms with E-state index in [1.807, 2.05) is 55.5 Å². The molecule has 1 saturated carbocycles. The number of aryl methyl sites for hydroxylation is 1. The normalized spacial score (nSPS) is 22.3. The monoisotopic (exact) mass is 429 g/mol. The molecule has 3 aromatic rings. The van der Waals surface area contributed by atoms with Gasteiger partial charge in [0.15, 0.2) is 6.29 Å². The molecule has 0 radical (unpaired) electrons. The highest BCUT2D eigenvalue weighted by molar-refractivity contribution is 5.91. The summed E-state index contributed by atoms with van der Waals surface area (Å²) in [6, 6.07) is 20.2. The van der Waals surface area contributed by atoms with Crippen LogP contribution in [-0.4, -0.2) is 27.6 Å². The van der Waals surface area contributed by atoms with Crippen LogP contribution in [0.5, 0.6) is 0 Å². The number of carbonyl (C=O) groups excluding carboxylic acids is 2. The Morgan fingerprint density at radius 2 is 1.84 bits per heavy atom. The molecular formula is C25H27N5O2. The van der Waals surface area contributed by atoms with Crippen molar-refractivity contribution >= 4 is 17.6 Å². The van der Waals surface area contributed by atoms with Crippen molar-refractivity contribution in [1.82, 2.24) is 20.4 Å². The van der Waals surface area contributed by atoms with E-state index in [4.69, 9.17) is 0 Å². The first-order valence-corrected chi connectivity index (χ1v) is 11.1. The van der Waals surface area contributed by atoms with E-state index in [-0.39, 0.29) is 30.2 Å². The summed E-state index contributed by atoms with van der Waals surface area (Å²) in [4.78, 5) is 25.3. The minimum atomic E-state index is -0.462. The smallest absolute Gasteiger partial charge is 0.229 e. The van der Waals surface area contributed by atoms with Gasteiger partial charge in [0, 0.05) is 12.1 Å². The molecule has 3 N–H and O–H groups in total. The second-order valence-electron chi connectivity index (χ2n) is 8.63. The lowest BCUT2D eigenvalue weighted by Gasteiger charge is -2.34. The van der Waals surface area contributed by atoms with Gasteiger partial charge in [-0.2, -0.15) is 5.10 Å². The number of benzene rings is 2. The minimum Gasteiger partial charge on any atom is -0.322 e. The minimum absolute atomic E-state index is 0.0276. The Morgan fingerprint density at radius 1 is 1.09 bits per heavy atom. The Kier molecular flexibility index (Phi) is 5.49. The van der Waals surface area contributed by atoms with Gasteiger partial charge < -0.3 is 10.6 Å². The predicted octanol–water partition coefficient (Wildman–Crippen LogP) is 3.38. The topological polar surface area (TPSA) is 88.0 Å². The molecule has 3 unspecified atom stereocenters. The van der Waals surface area contributed by atoms with E-state index < -0.39 is 6.29 Å². The van der Waals surface area contributed by atoms with Gasteiger partial charge in [-0.15, -0.1) is 0 Å². The van der Waals surface area contributed by atoms with Crippen LogP contribution in [0, 0.1) is 12.8 Å². The van der Waals surface area contributed by atoms with E-state index in [1.54, 1.807) is 4.68 Å². The number of hydrogen-bond acceptors (Lipinski definition) is 4. The van der Waals surface area contributed by atoms with Crippen molar-refractivity contribution in [3.63, 3.8) is 0 Å². The lowest BCUT2D eigenvalue weighted by Crippen LogP contribution is -2.57. The maximum absolute atomic E-state index is 12.8. The quantitative estimate of drug-likeness (QED) is 0.580. The van der Waals surface area contributed by atoms with Crippen LogP contribution in [0.3, 0.4) is 0 Å². The molecule has 164 valence electrons. The Balaban J connectivity index is 1.27. The third-order valence-corrected chi connectivity index (χ3v) is 6.30. The number of aromatic nitrogens is 2. The molecule has 7 nitrogen and oxygen atoms in total. The first kappa shape index (κ1) is 20.5. The number of hydrogen-bond donors (Lipinski definition) is 3. The van der Waals surface area contributed by atoms with Gasteiger partial charge in [0.1, 0.15) is 5.82 Å². The molecule has 1 aromatic heterocycles. The van der Waals surface area contributed by atoms with Crippen LogP contribution in [0.4, 0.5) is 5.82 Å². The fourth-order valence-electron chi connectivity index (χ4n) is 4.72. The number of nitrogens with one attached hydrogen (secondary N) is 3.